The number of nitrogens with zero attached hydrogens (tertiary/aromatic N) is 1. The topological polar surface area (TPSA) is 51.2 Å². The molecule has 1 N–H and O–H groups in total. The summed E-state index contributed by atoms with van der Waals surface area (Å²) < 4.78 is 18.3. The third-order valence-corrected chi connectivity index (χ3v) is 3.74. The van der Waals surface area contributed by atoms with Gasteiger partial charge in [-0.2, -0.15) is 0 Å². The molecule has 0 unspecified atom stereocenters. The van der Waals surface area contributed by atoms with Gasteiger partial charge in [0, 0.05) is 6.20 Å². The Bertz CT molecular complexity index is 790. The highest BCUT2D eigenvalue weighted by Gasteiger charge is 2.10. The SMILES string of the molecule is O=C(Nc1ncc(-c2cccc(F)c2)s1)Oc1ccccc1. The van der Waals surface area contributed by atoms with Crippen molar-refractivity contribution in [2.24, 2.45) is 0 Å². The number of hydrogen-bond acceptors (Lipinski definition) is 4. The maximum Gasteiger partial charge on any atom is 0.418 e. The van der Waals surface area contributed by atoms with Crippen molar-refractivity contribution in [3.05, 3.63) is 66.6 Å². The summed E-state index contributed by atoms with van der Waals surface area (Å²) in [5.41, 5.74) is 0.710. The van der Waals surface area contributed by atoms with Crippen LogP contribution in [-0.4, -0.2) is 11.1 Å². The molecule has 0 radical (unpaired) electrons. The molecule has 6 heteroatoms. The number of nitrogens with one attached hydrogen (secondary N) is 1. The Morgan fingerprint density at radius 2 is 1.95 bits per heavy atom. The summed E-state index contributed by atoms with van der Waals surface area (Å²) in [7, 11) is 0. The van der Waals surface area contributed by atoms with Crippen LogP contribution in [0.3, 0.4) is 0 Å². The number of amides is 1. The Hall–Kier alpha value is -2.73. The molecule has 0 aliphatic heterocycles. The van der Waals surface area contributed by atoms with Crippen molar-refractivity contribution in [3.8, 4) is 16.2 Å². The third-order valence-electron chi connectivity index (χ3n) is 2.78. The number of halogens is 1. The lowest BCUT2D eigenvalue weighted by molar-refractivity contribution is 0.215. The van der Waals surface area contributed by atoms with Crippen LogP contribution in [0.4, 0.5) is 14.3 Å². The van der Waals surface area contributed by atoms with Gasteiger partial charge in [0.05, 0.1) is 4.88 Å². The number of rotatable bonds is 3. The molecule has 3 rings (SSSR count). The summed E-state index contributed by atoms with van der Waals surface area (Å²) in [6.45, 7) is 0. The molecule has 0 saturated heterocycles. The third kappa shape index (κ3) is 3.48. The maximum absolute atomic E-state index is 13.2. The first-order chi connectivity index (χ1) is 10.7. The van der Waals surface area contributed by atoms with E-state index >= 15 is 0 Å². The Balaban J connectivity index is 1.68. The number of aromatic nitrogens is 1. The van der Waals surface area contributed by atoms with Gasteiger partial charge < -0.3 is 4.74 Å². The highest BCUT2D eigenvalue weighted by molar-refractivity contribution is 7.19. The summed E-state index contributed by atoms with van der Waals surface area (Å²) in [4.78, 5) is 16.6. The van der Waals surface area contributed by atoms with Gasteiger partial charge in [0.1, 0.15) is 11.6 Å². The molecule has 0 aliphatic carbocycles. The van der Waals surface area contributed by atoms with Crippen molar-refractivity contribution >= 4 is 22.6 Å². The molecule has 2 aromatic carbocycles. The van der Waals surface area contributed by atoms with Crippen molar-refractivity contribution in [1.29, 1.82) is 0 Å². The van der Waals surface area contributed by atoms with Crippen molar-refractivity contribution in [2.45, 2.75) is 0 Å². The largest absolute Gasteiger partial charge is 0.418 e. The zero-order valence-electron chi connectivity index (χ0n) is 11.3. The fraction of sp³-hybridized carbons (Fsp3) is 0. The number of carbonyl (C=O) groups excluding carboxylic acids is 1. The average molecular weight is 314 g/mol. The van der Waals surface area contributed by atoms with Crippen LogP contribution in [0.1, 0.15) is 0 Å². The molecule has 3 aromatic rings. The van der Waals surface area contributed by atoms with E-state index < -0.39 is 6.09 Å². The normalized spacial score (nSPS) is 10.2. The number of thiazole rings is 1. The van der Waals surface area contributed by atoms with Gasteiger partial charge in [0.25, 0.3) is 0 Å². The summed E-state index contributed by atoms with van der Waals surface area (Å²) in [5, 5.41) is 2.94. The molecule has 0 atom stereocenters. The lowest BCUT2D eigenvalue weighted by Gasteiger charge is -2.03. The van der Waals surface area contributed by atoms with E-state index in [0.29, 0.717) is 16.4 Å². The molecule has 0 aliphatic rings. The van der Waals surface area contributed by atoms with E-state index in [2.05, 4.69) is 10.3 Å². The molecule has 0 bridgehead atoms. The molecule has 0 fully saturated rings. The van der Waals surface area contributed by atoms with E-state index in [1.807, 2.05) is 6.07 Å². The standard InChI is InChI=1S/C16H11FN2O2S/c17-12-6-4-5-11(9-12)14-10-18-15(22-14)19-16(20)21-13-7-2-1-3-8-13/h1-10H,(H,18,19,20). The maximum atomic E-state index is 13.2. The fourth-order valence-corrected chi connectivity index (χ4v) is 2.61. The number of anilines is 1. The summed E-state index contributed by atoms with van der Waals surface area (Å²) in [5.74, 6) is 0.130. The van der Waals surface area contributed by atoms with Gasteiger partial charge in [0.15, 0.2) is 5.13 Å². The molecule has 0 spiro atoms. The highest BCUT2D eigenvalue weighted by atomic mass is 32.1. The first-order valence-corrected chi connectivity index (χ1v) is 7.28. The van der Waals surface area contributed by atoms with Crippen molar-refractivity contribution < 1.29 is 13.9 Å². The number of para-hydroxylation sites is 1. The molecule has 1 heterocycles. The minimum Gasteiger partial charge on any atom is -0.410 e. The second-order valence-electron chi connectivity index (χ2n) is 4.37. The number of hydrogen-bond donors (Lipinski definition) is 1. The highest BCUT2D eigenvalue weighted by Crippen LogP contribution is 2.29. The predicted molar refractivity (Wildman–Crippen MR) is 83.6 cm³/mol. The van der Waals surface area contributed by atoms with Gasteiger partial charge in [-0.3, -0.25) is 5.32 Å². The van der Waals surface area contributed by atoms with Crippen LogP contribution in [-0.2, 0) is 0 Å². The van der Waals surface area contributed by atoms with Gasteiger partial charge in [-0.15, -0.1) is 0 Å². The van der Waals surface area contributed by atoms with E-state index in [1.165, 1.54) is 23.5 Å². The Labute approximate surface area is 130 Å². The van der Waals surface area contributed by atoms with Crippen LogP contribution in [0.2, 0.25) is 0 Å². The summed E-state index contributed by atoms with van der Waals surface area (Å²) in [6.07, 6.45) is 0.962. The summed E-state index contributed by atoms with van der Waals surface area (Å²) in [6, 6.07) is 14.9. The minimum absolute atomic E-state index is 0.316. The van der Waals surface area contributed by atoms with Crippen molar-refractivity contribution in [1.82, 2.24) is 4.98 Å². The quantitative estimate of drug-likeness (QED) is 0.771. The zero-order valence-corrected chi connectivity index (χ0v) is 12.1. The number of ether oxygens (including phenoxy) is 1. The molecule has 22 heavy (non-hydrogen) atoms. The monoisotopic (exact) mass is 314 g/mol. The molecular weight excluding hydrogens is 303 g/mol. The fourth-order valence-electron chi connectivity index (χ4n) is 1.82. The van der Waals surface area contributed by atoms with Crippen LogP contribution in [0, 0.1) is 5.82 Å². The molecule has 110 valence electrons. The lowest BCUT2D eigenvalue weighted by Crippen LogP contribution is -2.16. The van der Waals surface area contributed by atoms with Crippen molar-refractivity contribution in [2.75, 3.05) is 5.32 Å². The zero-order chi connectivity index (χ0) is 15.4. The van der Waals surface area contributed by atoms with E-state index in [-0.39, 0.29) is 5.82 Å². The van der Waals surface area contributed by atoms with Gasteiger partial charge in [0.2, 0.25) is 0 Å². The first kappa shape index (κ1) is 14.2. The summed E-state index contributed by atoms with van der Waals surface area (Å²) >= 11 is 1.24. The minimum atomic E-state index is -0.619. The molecule has 1 aromatic heterocycles. The van der Waals surface area contributed by atoms with E-state index in [9.17, 15) is 9.18 Å². The van der Waals surface area contributed by atoms with Crippen molar-refractivity contribution in [3.63, 3.8) is 0 Å². The molecule has 0 saturated carbocycles. The van der Waals surface area contributed by atoms with E-state index in [4.69, 9.17) is 4.74 Å². The first-order valence-electron chi connectivity index (χ1n) is 6.46. The van der Waals surface area contributed by atoms with Crippen LogP contribution >= 0.6 is 11.3 Å². The second kappa shape index (κ2) is 6.36. The Kier molecular flexibility index (Phi) is 4.11. The lowest BCUT2D eigenvalue weighted by atomic mass is 10.2. The van der Waals surface area contributed by atoms with Crippen LogP contribution < -0.4 is 10.1 Å². The van der Waals surface area contributed by atoms with Crippen LogP contribution in [0.5, 0.6) is 5.75 Å². The van der Waals surface area contributed by atoms with E-state index in [1.54, 1.807) is 42.6 Å². The number of benzene rings is 2. The van der Waals surface area contributed by atoms with Gasteiger partial charge in [-0.25, -0.2) is 14.2 Å². The van der Waals surface area contributed by atoms with Crippen LogP contribution in [0.15, 0.2) is 60.8 Å². The predicted octanol–water partition coefficient (Wildman–Crippen LogP) is 4.56. The average Bonchev–Trinajstić information content (AvgIpc) is 2.96. The van der Waals surface area contributed by atoms with Gasteiger partial charge in [-0.05, 0) is 29.8 Å². The smallest absolute Gasteiger partial charge is 0.410 e. The molecular formula is C16H11FN2O2S. The Morgan fingerprint density at radius 1 is 1.14 bits per heavy atom. The number of carbonyl (C=O) groups is 1. The molecule has 4 nitrogen and oxygen atoms in total. The van der Waals surface area contributed by atoms with Crippen LogP contribution in [0.25, 0.3) is 10.4 Å². The molecule has 1 amide bonds. The van der Waals surface area contributed by atoms with Gasteiger partial charge in [-0.1, -0.05) is 41.7 Å². The van der Waals surface area contributed by atoms with Gasteiger partial charge >= 0.3 is 6.09 Å². The van der Waals surface area contributed by atoms with E-state index in [0.717, 1.165) is 4.88 Å². The Morgan fingerprint density at radius 3 is 2.73 bits per heavy atom. The second-order valence-corrected chi connectivity index (χ2v) is 5.40.